The van der Waals surface area contributed by atoms with Gasteiger partial charge in [-0.15, -0.1) is 0 Å². The lowest BCUT2D eigenvalue weighted by atomic mass is 10.1. The molecule has 0 saturated carbocycles. The SMILES string of the molecule is CN(C)Cc1ccc(O)c(-c2nc(N(C)C)nc(N(C)C)n2)c1. The minimum atomic E-state index is 0.160. The Balaban J connectivity index is 2.56. The molecule has 0 amide bonds. The highest BCUT2D eigenvalue weighted by Crippen LogP contribution is 2.29. The summed E-state index contributed by atoms with van der Waals surface area (Å²) in [5.74, 6) is 1.73. The number of rotatable bonds is 5. The van der Waals surface area contributed by atoms with E-state index in [1.165, 1.54) is 0 Å². The van der Waals surface area contributed by atoms with E-state index in [2.05, 4.69) is 19.9 Å². The van der Waals surface area contributed by atoms with Gasteiger partial charge in [-0.05, 0) is 31.8 Å². The van der Waals surface area contributed by atoms with Crippen LogP contribution in [0.5, 0.6) is 5.75 Å². The molecule has 0 unspecified atom stereocenters. The number of anilines is 2. The summed E-state index contributed by atoms with van der Waals surface area (Å²) in [6.07, 6.45) is 0. The second-order valence-corrected chi connectivity index (χ2v) is 6.14. The Morgan fingerprint density at radius 1 is 0.870 bits per heavy atom. The number of phenols is 1. The van der Waals surface area contributed by atoms with E-state index in [9.17, 15) is 5.11 Å². The van der Waals surface area contributed by atoms with Crippen LogP contribution in [-0.4, -0.2) is 67.2 Å². The first kappa shape index (κ1) is 17.0. The maximum Gasteiger partial charge on any atom is 0.230 e. The maximum atomic E-state index is 10.2. The van der Waals surface area contributed by atoms with Gasteiger partial charge in [-0.3, -0.25) is 0 Å². The molecule has 7 nitrogen and oxygen atoms in total. The van der Waals surface area contributed by atoms with Crippen LogP contribution in [0, 0.1) is 0 Å². The molecule has 7 heteroatoms. The van der Waals surface area contributed by atoms with E-state index >= 15 is 0 Å². The van der Waals surface area contributed by atoms with E-state index in [1.807, 2.05) is 64.2 Å². The third-order valence-electron chi connectivity index (χ3n) is 3.21. The fourth-order valence-corrected chi connectivity index (χ4v) is 2.10. The van der Waals surface area contributed by atoms with E-state index in [1.54, 1.807) is 6.07 Å². The largest absolute Gasteiger partial charge is 0.507 e. The van der Waals surface area contributed by atoms with E-state index in [4.69, 9.17) is 0 Å². The molecule has 0 radical (unpaired) electrons. The minimum absolute atomic E-state index is 0.160. The molecule has 0 aliphatic rings. The Morgan fingerprint density at radius 3 is 1.91 bits per heavy atom. The Morgan fingerprint density at radius 2 is 1.43 bits per heavy atom. The van der Waals surface area contributed by atoms with Crippen molar-refractivity contribution in [3.63, 3.8) is 0 Å². The van der Waals surface area contributed by atoms with Crippen molar-refractivity contribution in [2.75, 3.05) is 52.1 Å². The highest BCUT2D eigenvalue weighted by molar-refractivity contribution is 5.66. The Bertz CT molecular complexity index is 658. The summed E-state index contributed by atoms with van der Waals surface area (Å²) < 4.78 is 0. The van der Waals surface area contributed by atoms with Crippen LogP contribution >= 0.6 is 0 Å². The Hall–Kier alpha value is -2.41. The summed E-state index contributed by atoms with van der Waals surface area (Å²) in [6.45, 7) is 0.777. The van der Waals surface area contributed by atoms with Gasteiger partial charge in [-0.25, -0.2) is 0 Å². The van der Waals surface area contributed by atoms with Crippen LogP contribution in [0.4, 0.5) is 11.9 Å². The van der Waals surface area contributed by atoms with Gasteiger partial charge in [0.2, 0.25) is 11.9 Å². The van der Waals surface area contributed by atoms with Crippen molar-refractivity contribution in [1.82, 2.24) is 19.9 Å². The van der Waals surface area contributed by atoms with Gasteiger partial charge in [0.15, 0.2) is 5.82 Å². The number of hydrogen-bond acceptors (Lipinski definition) is 7. The molecule has 0 fully saturated rings. The van der Waals surface area contributed by atoms with Crippen molar-refractivity contribution < 1.29 is 5.11 Å². The third kappa shape index (κ3) is 4.07. The molecule has 1 heterocycles. The monoisotopic (exact) mass is 316 g/mol. The van der Waals surface area contributed by atoms with Crippen LogP contribution in [-0.2, 0) is 6.54 Å². The first-order chi connectivity index (χ1) is 10.8. The van der Waals surface area contributed by atoms with Gasteiger partial charge in [0.05, 0.1) is 5.56 Å². The summed E-state index contributed by atoms with van der Waals surface area (Å²) in [5, 5.41) is 10.2. The Labute approximate surface area is 137 Å². The molecule has 0 saturated heterocycles. The maximum absolute atomic E-state index is 10.2. The van der Waals surface area contributed by atoms with Crippen LogP contribution in [0.25, 0.3) is 11.4 Å². The molecule has 1 aromatic heterocycles. The van der Waals surface area contributed by atoms with E-state index < -0.39 is 0 Å². The van der Waals surface area contributed by atoms with Crippen molar-refractivity contribution in [3.8, 4) is 17.1 Å². The normalized spacial score (nSPS) is 10.9. The molecule has 2 aromatic rings. The molecule has 1 N–H and O–H groups in total. The number of nitrogens with zero attached hydrogens (tertiary/aromatic N) is 6. The predicted molar refractivity (Wildman–Crippen MR) is 93.0 cm³/mol. The summed E-state index contributed by atoms with van der Waals surface area (Å²) in [6, 6.07) is 5.51. The molecular weight excluding hydrogens is 292 g/mol. The predicted octanol–water partition coefficient (Wildman–Crippen LogP) is 1.44. The van der Waals surface area contributed by atoms with Crippen LogP contribution in [0.15, 0.2) is 18.2 Å². The highest BCUT2D eigenvalue weighted by atomic mass is 16.3. The summed E-state index contributed by atoms with van der Waals surface area (Å²) in [7, 11) is 11.5. The van der Waals surface area contributed by atoms with Crippen molar-refractivity contribution in [1.29, 1.82) is 0 Å². The lowest BCUT2D eigenvalue weighted by Gasteiger charge is -2.17. The summed E-state index contributed by atoms with van der Waals surface area (Å²) in [5.41, 5.74) is 1.69. The molecule has 0 atom stereocenters. The van der Waals surface area contributed by atoms with E-state index in [0.29, 0.717) is 23.3 Å². The molecule has 0 aliphatic heterocycles. The van der Waals surface area contributed by atoms with Gasteiger partial charge in [0.25, 0.3) is 0 Å². The topological polar surface area (TPSA) is 68.6 Å². The molecule has 0 spiro atoms. The van der Waals surface area contributed by atoms with Gasteiger partial charge in [0, 0.05) is 34.7 Å². The van der Waals surface area contributed by atoms with Crippen molar-refractivity contribution in [2.45, 2.75) is 6.54 Å². The first-order valence-corrected chi connectivity index (χ1v) is 7.35. The molecule has 23 heavy (non-hydrogen) atoms. The van der Waals surface area contributed by atoms with Crippen LogP contribution in [0.2, 0.25) is 0 Å². The van der Waals surface area contributed by atoms with Crippen molar-refractivity contribution in [2.24, 2.45) is 0 Å². The van der Waals surface area contributed by atoms with Crippen LogP contribution in [0.3, 0.4) is 0 Å². The molecular formula is C16H24N6O. The zero-order chi connectivity index (χ0) is 17.1. The molecule has 2 rings (SSSR count). The fourth-order valence-electron chi connectivity index (χ4n) is 2.10. The first-order valence-electron chi connectivity index (χ1n) is 7.35. The Kier molecular flexibility index (Phi) is 5.00. The number of hydrogen-bond donors (Lipinski definition) is 1. The standard InChI is InChI=1S/C16H24N6O/c1-20(2)10-11-7-8-13(23)12(9-11)14-17-15(21(3)4)19-16(18-14)22(5)6/h7-9,23H,10H2,1-6H3. The quantitative estimate of drug-likeness (QED) is 0.895. The van der Waals surface area contributed by atoms with Gasteiger partial charge in [-0.1, -0.05) is 6.07 Å². The lowest BCUT2D eigenvalue weighted by molar-refractivity contribution is 0.402. The number of benzene rings is 1. The number of phenolic OH excluding ortho intramolecular Hbond substituents is 1. The van der Waals surface area contributed by atoms with E-state index in [0.717, 1.165) is 12.1 Å². The van der Waals surface area contributed by atoms with E-state index in [-0.39, 0.29) is 5.75 Å². The third-order valence-corrected chi connectivity index (χ3v) is 3.21. The highest BCUT2D eigenvalue weighted by Gasteiger charge is 2.15. The van der Waals surface area contributed by atoms with Gasteiger partial charge < -0.3 is 19.8 Å². The fraction of sp³-hybridized carbons (Fsp3) is 0.438. The van der Waals surface area contributed by atoms with Gasteiger partial charge >= 0.3 is 0 Å². The van der Waals surface area contributed by atoms with Crippen molar-refractivity contribution in [3.05, 3.63) is 23.8 Å². The average molecular weight is 316 g/mol. The van der Waals surface area contributed by atoms with Crippen LogP contribution < -0.4 is 9.80 Å². The minimum Gasteiger partial charge on any atom is -0.507 e. The smallest absolute Gasteiger partial charge is 0.230 e. The van der Waals surface area contributed by atoms with Crippen molar-refractivity contribution >= 4 is 11.9 Å². The second-order valence-electron chi connectivity index (χ2n) is 6.14. The zero-order valence-electron chi connectivity index (χ0n) is 14.6. The van der Waals surface area contributed by atoms with Crippen LogP contribution in [0.1, 0.15) is 5.56 Å². The molecule has 0 bridgehead atoms. The lowest BCUT2D eigenvalue weighted by Crippen LogP contribution is -2.19. The second kappa shape index (κ2) is 6.78. The summed E-state index contributed by atoms with van der Waals surface area (Å²) in [4.78, 5) is 19.0. The summed E-state index contributed by atoms with van der Waals surface area (Å²) >= 11 is 0. The number of aromatic hydroxyl groups is 1. The molecule has 1 aromatic carbocycles. The van der Waals surface area contributed by atoms with Gasteiger partial charge in [-0.2, -0.15) is 15.0 Å². The molecule has 0 aliphatic carbocycles. The number of aromatic nitrogens is 3. The van der Waals surface area contributed by atoms with Gasteiger partial charge in [0.1, 0.15) is 5.75 Å². The average Bonchev–Trinajstić information content (AvgIpc) is 2.48. The zero-order valence-corrected chi connectivity index (χ0v) is 14.6. The molecule has 124 valence electrons.